The number of aliphatic hydroxyl groups is 9. The normalized spacial score (nSPS) is 15.2. The molecule has 0 fully saturated rings. The first-order valence-electron chi connectivity index (χ1n) is 42.2. The number of unbranched alkanes of at least 4 members (excludes halogenated alkanes) is 10. The van der Waals surface area contributed by atoms with Gasteiger partial charge < -0.3 is 142 Å². The minimum Gasteiger partial charge on any atom is -0.394 e. The molecule has 0 aromatic carbocycles. The van der Waals surface area contributed by atoms with Crippen molar-refractivity contribution in [2.75, 3.05) is 138 Å². The van der Waals surface area contributed by atoms with Gasteiger partial charge in [0.2, 0.25) is 59.1 Å². The Morgan fingerprint density at radius 1 is 0.303 bits per heavy atom. The zero-order valence-corrected chi connectivity index (χ0v) is 72.1. The third-order valence-corrected chi connectivity index (χ3v) is 18.4. The third kappa shape index (κ3) is 59.9. The van der Waals surface area contributed by atoms with E-state index in [4.69, 9.17) is 42.6 Å². The van der Waals surface area contributed by atoms with Crippen molar-refractivity contribution < 1.29 is 141 Å². The molecule has 0 bridgehead atoms. The van der Waals surface area contributed by atoms with Crippen molar-refractivity contribution >= 4 is 64.9 Å². The van der Waals surface area contributed by atoms with Crippen LogP contribution in [0.5, 0.6) is 0 Å². The van der Waals surface area contributed by atoms with Gasteiger partial charge in [0.1, 0.15) is 47.8 Å². The first-order chi connectivity index (χ1) is 56.7. The maximum Gasteiger partial charge on any atom is 0.222 e. The summed E-state index contributed by atoms with van der Waals surface area (Å²) in [6.45, 7) is 10.9. The fourth-order valence-corrected chi connectivity index (χ4v) is 11.4. The fraction of sp³-hybridized carbons (Fsp3) is 0.863. The number of nitrogens with one attached hydrogen (secondary N) is 10. The predicted molar refractivity (Wildman–Crippen MR) is 435 cm³/mol. The van der Waals surface area contributed by atoms with Gasteiger partial charge in [-0.15, -0.1) is 0 Å². The Kier molecular flexibility index (Phi) is 66.4. The van der Waals surface area contributed by atoms with Crippen molar-refractivity contribution in [2.24, 2.45) is 5.41 Å². The quantitative estimate of drug-likeness (QED) is 0.0250. The lowest BCUT2D eigenvalue weighted by molar-refractivity contribution is -0.214. The van der Waals surface area contributed by atoms with E-state index < -0.39 is 137 Å². The maximum absolute atomic E-state index is 14.0. The standard InChI is InChI=1S/C80H150N10O29/c1-56(97)65(50-94)117-76(62(47-91)87-59(4)100)114-41-21-18-28-69(104)81-35-24-38-84-72(107)32-44-111-53-80(90-75(110)31-17-15-13-11-10-12-14-16-27-68(103)79(7,8)9,54-112-45-33-73(108)85-39-25-36-82-70(105)29-19-22-42-115-77(63(48-92)88-60(5)101)118-66(51-95)57(2)98)55-113-46-34-74(109)86-40-26-37-83-71(106)30-20-23-43-116-78(64(49-93)89-61(6)102)119-67(52-96)58(3)99/h56-58,62-67,76-78,91-99H,10-55H2,1-9H3,(H,81,104)(H,82,105)(H,83,106)(H,84,107)(H,85,108)(H,86,109)(H,87,100)(H,88,101)(H,89,102)(H,90,110)/t56-,57-,58-,62-,63-,64-,65?,66?,67?,76?,77?,78?,80?/m0/s1. The van der Waals surface area contributed by atoms with Crippen LogP contribution in [0.15, 0.2) is 0 Å². The number of hydrogen-bond acceptors (Lipinski definition) is 29. The van der Waals surface area contributed by atoms with Crippen molar-refractivity contribution in [3.63, 3.8) is 0 Å². The molecule has 0 aromatic heterocycles. The highest BCUT2D eigenvalue weighted by molar-refractivity contribution is 5.83. The molecule has 0 aliphatic rings. The molecule has 0 rings (SSSR count). The SMILES string of the molecule is CC(=O)N[C@@H](CO)C(OCCCCC(=O)NCCCNC(=O)CCOCC(COCCC(=O)NCCCNC(=O)CCCCOC(OC(CO)[C@H](C)O)[C@H](CO)NC(C)=O)(COCCC(=O)NCCCNC(=O)CCCCOC(OC(CO)[C@H](C)O)[C@H](CO)NC(C)=O)NC(=O)CCCCCCCCCCC(=O)C(C)(C)C)OC(CO)[C@H](C)O. The van der Waals surface area contributed by atoms with Gasteiger partial charge in [0.25, 0.3) is 0 Å². The Balaban J connectivity index is 6.06. The average Bonchev–Trinajstić information content (AvgIpc) is 0.853. The van der Waals surface area contributed by atoms with E-state index in [1.54, 1.807) is 0 Å². The number of ketones is 1. The molecule has 0 heterocycles. The third-order valence-electron chi connectivity index (χ3n) is 18.4. The van der Waals surface area contributed by atoms with Crippen LogP contribution in [0.3, 0.4) is 0 Å². The van der Waals surface area contributed by atoms with E-state index in [1.807, 2.05) is 20.8 Å². The van der Waals surface area contributed by atoms with Crippen LogP contribution in [-0.2, 0) is 95.4 Å². The zero-order valence-electron chi connectivity index (χ0n) is 72.1. The van der Waals surface area contributed by atoms with Gasteiger partial charge in [-0.1, -0.05) is 59.3 Å². The van der Waals surface area contributed by atoms with Crippen LogP contribution in [-0.4, -0.2) is 328 Å². The number of carbonyl (C=O) groups excluding carboxylic acids is 11. The Morgan fingerprint density at radius 3 is 0.790 bits per heavy atom. The van der Waals surface area contributed by atoms with Crippen molar-refractivity contribution in [3.05, 3.63) is 0 Å². The Bertz CT molecular complexity index is 2520. The molecule has 19 N–H and O–H groups in total. The molecule has 0 aliphatic carbocycles. The van der Waals surface area contributed by atoms with Crippen molar-refractivity contribution in [1.82, 2.24) is 53.2 Å². The summed E-state index contributed by atoms with van der Waals surface area (Å²) in [6, 6.07) is -2.98. The molecule has 0 saturated carbocycles. The Labute approximate surface area is 702 Å². The highest BCUT2D eigenvalue weighted by Gasteiger charge is 2.36. The van der Waals surface area contributed by atoms with Gasteiger partial charge >= 0.3 is 0 Å². The van der Waals surface area contributed by atoms with Crippen molar-refractivity contribution in [3.8, 4) is 0 Å². The number of amides is 10. The van der Waals surface area contributed by atoms with Crippen LogP contribution in [0, 0.1) is 5.41 Å². The molecule has 6 unspecified atom stereocenters. The van der Waals surface area contributed by atoms with Gasteiger partial charge in [0.05, 0.1) is 97.6 Å². The summed E-state index contributed by atoms with van der Waals surface area (Å²) >= 11 is 0. The number of ether oxygens (including phenoxy) is 9. The van der Waals surface area contributed by atoms with Gasteiger partial charge in [0.15, 0.2) is 18.9 Å². The highest BCUT2D eigenvalue weighted by Crippen LogP contribution is 2.21. The first kappa shape index (κ1) is 113. The van der Waals surface area contributed by atoms with Gasteiger partial charge in [-0.05, 0) is 91.4 Å². The lowest BCUT2D eigenvalue weighted by Crippen LogP contribution is -2.58. The summed E-state index contributed by atoms with van der Waals surface area (Å²) in [5, 5.41) is 116. The number of carbonyl (C=O) groups is 11. The molecule has 0 aromatic rings. The molecule has 12 atom stereocenters. The summed E-state index contributed by atoms with van der Waals surface area (Å²) in [4.78, 5) is 139. The number of aliphatic hydroxyl groups excluding tert-OH is 9. The highest BCUT2D eigenvalue weighted by atomic mass is 16.7. The molecule has 0 spiro atoms. The predicted octanol–water partition coefficient (Wildman–Crippen LogP) is -1.25. The van der Waals surface area contributed by atoms with E-state index in [1.165, 1.54) is 41.5 Å². The maximum atomic E-state index is 14.0. The monoisotopic (exact) mass is 1720 g/mol. The van der Waals surface area contributed by atoms with Gasteiger partial charge in [0, 0.05) is 137 Å². The summed E-state index contributed by atoms with van der Waals surface area (Å²) < 4.78 is 52.6. The Hall–Kier alpha value is -6.35. The second kappa shape index (κ2) is 70.1. The van der Waals surface area contributed by atoms with Crippen molar-refractivity contribution in [1.29, 1.82) is 0 Å². The minimum atomic E-state index is -1.42. The molecule has 0 saturated heterocycles. The Morgan fingerprint density at radius 2 is 0.546 bits per heavy atom. The lowest BCUT2D eigenvalue weighted by Gasteiger charge is -2.34. The van der Waals surface area contributed by atoms with E-state index in [-0.39, 0.29) is 196 Å². The minimum absolute atomic E-state index is 0.0613. The second-order valence-corrected chi connectivity index (χ2v) is 30.7. The number of hydrogen-bond donors (Lipinski definition) is 19. The molecule has 10 amide bonds. The lowest BCUT2D eigenvalue weighted by atomic mass is 9.88. The molecule has 39 nitrogen and oxygen atoms in total. The van der Waals surface area contributed by atoms with Crippen LogP contribution in [0.2, 0.25) is 0 Å². The molecular weight excluding hydrogens is 1560 g/mol. The summed E-state index contributed by atoms with van der Waals surface area (Å²) in [7, 11) is 0. The van der Waals surface area contributed by atoms with Crippen LogP contribution < -0.4 is 53.2 Å². The second-order valence-electron chi connectivity index (χ2n) is 30.7. The van der Waals surface area contributed by atoms with Gasteiger partial charge in [-0.2, -0.15) is 0 Å². The van der Waals surface area contributed by atoms with Crippen molar-refractivity contribution in [2.45, 2.75) is 302 Å². The van der Waals surface area contributed by atoms with E-state index >= 15 is 0 Å². The molecule has 694 valence electrons. The largest absolute Gasteiger partial charge is 0.394 e. The number of rotatable bonds is 78. The van der Waals surface area contributed by atoms with Crippen LogP contribution in [0.25, 0.3) is 0 Å². The molecule has 39 heteroatoms. The number of Topliss-reactive ketones (excluding diaryl/α,β-unsaturated/α-hetero) is 1. The van der Waals surface area contributed by atoms with Crippen LogP contribution in [0.1, 0.15) is 223 Å². The van der Waals surface area contributed by atoms with Crippen LogP contribution in [0.4, 0.5) is 0 Å². The van der Waals surface area contributed by atoms with E-state index in [2.05, 4.69) is 53.2 Å². The zero-order chi connectivity index (χ0) is 89.2. The topological polar surface area (TPSA) is 573 Å². The molecule has 119 heavy (non-hydrogen) atoms. The fourth-order valence-electron chi connectivity index (χ4n) is 11.4. The van der Waals surface area contributed by atoms with E-state index in [9.17, 15) is 98.7 Å². The summed E-state index contributed by atoms with van der Waals surface area (Å²) in [5.74, 6) is -3.37. The average molecular weight is 1720 g/mol. The molecular formula is C80H150N10O29. The molecule has 0 radical (unpaired) electrons. The molecule has 0 aliphatic heterocycles. The summed E-state index contributed by atoms with van der Waals surface area (Å²) in [6.07, 6.45) is 1.16. The van der Waals surface area contributed by atoms with Gasteiger partial charge in [-0.3, -0.25) is 52.7 Å². The summed E-state index contributed by atoms with van der Waals surface area (Å²) in [5.41, 5.74) is -1.78. The van der Waals surface area contributed by atoms with E-state index in [0.717, 1.165) is 44.9 Å². The first-order valence-corrected chi connectivity index (χ1v) is 42.2. The van der Waals surface area contributed by atoms with Crippen LogP contribution >= 0.6 is 0 Å². The van der Waals surface area contributed by atoms with E-state index in [0.29, 0.717) is 70.6 Å². The van der Waals surface area contributed by atoms with Gasteiger partial charge in [-0.25, -0.2) is 0 Å². The smallest absolute Gasteiger partial charge is 0.222 e.